The molecule has 0 saturated heterocycles. The largest absolute Gasteiger partial charge is 0.356 e. The van der Waals surface area contributed by atoms with Gasteiger partial charge in [-0.25, -0.2) is 0 Å². The van der Waals surface area contributed by atoms with E-state index in [2.05, 4.69) is 43.4 Å². The highest BCUT2D eigenvalue weighted by Crippen LogP contribution is 2.13. The maximum Gasteiger partial charge on any atom is 0.216 e. The Bertz CT molecular complexity index is 424. The zero-order valence-corrected chi connectivity index (χ0v) is 15.4. The summed E-state index contributed by atoms with van der Waals surface area (Å²) in [5.74, 6) is 0.595. The number of aryl methyl sites for hydroxylation is 2. The van der Waals surface area contributed by atoms with Gasteiger partial charge in [-0.15, -0.1) is 0 Å². The fourth-order valence-electron chi connectivity index (χ4n) is 2.82. The van der Waals surface area contributed by atoms with Crippen LogP contribution in [-0.4, -0.2) is 12.5 Å². The van der Waals surface area contributed by atoms with Crippen LogP contribution in [0.5, 0.6) is 0 Å². The van der Waals surface area contributed by atoms with Gasteiger partial charge in [0.15, 0.2) is 0 Å². The Kier molecular flexibility index (Phi) is 10.4. The highest BCUT2D eigenvalue weighted by Gasteiger charge is 2.04. The molecule has 1 N–H and O–H groups in total. The molecule has 1 rings (SSSR count). The molecule has 1 amide bonds. The van der Waals surface area contributed by atoms with E-state index in [1.54, 1.807) is 6.92 Å². The van der Waals surface area contributed by atoms with E-state index in [4.69, 9.17) is 0 Å². The average Bonchev–Trinajstić information content (AvgIpc) is 2.55. The van der Waals surface area contributed by atoms with Gasteiger partial charge in [-0.05, 0) is 42.7 Å². The first-order valence-corrected chi connectivity index (χ1v) is 9.44. The molecular formula is C21H35NO. The van der Waals surface area contributed by atoms with E-state index in [9.17, 15) is 4.79 Å². The van der Waals surface area contributed by atoms with Crippen LogP contribution in [0.1, 0.15) is 76.8 Å². The topological polar surface area (TPSA) is 29.1 Å². The van der Waals surface area contributed by atoms with E-state index >= 15 is 0 Å². The molecule has 0 aromatic heterocycles. The van der Waals surface area contributed by atoms with Crippen molar-refractivity contribution in [3.05, 3.63) is 35.4 Å². The number of rotatable bonds is 12. The van der Waals surface area contributed by atoms with Crippen molar-refractivity contribution in [3.63, 3.8) is 0 Å². The molecule has 1 atom stereocenters. The normalized spacial score (nSPS) is 12.1. The van der Waals surface area contributed by atoms with Gasteiger partial charge in [0.1, 0.15) is 0 Å². The number of carbonyl (C=O) groups excluding carboxylic acids is 1. The van der Waals surface area contributed by atoms with Crippen LogP contribution >= 0.6 is 0 Å². The summed E-state index contributed by atoms with van der Waals surface area (Å²) in [5, 5.41) is 2.89. The van der Waals surface area contributed by atoms with Crippen LogP contribution in [0.25, 0.3) is 0 Å². The molecule has 0 radical (unpaired) electrons. The van der Waals surface area contributed by atoms with Crippen molar-refractivity contribution in [2.45, 2.75) is 78.6 Å². The van der Waals surface area contributed by atoms with Gasteiger partial charge in [-0.1, -0.05) is 70.2 Å². The van der Waals surface area contributed by atoms with Crippen LogP contribution in [0.3, 0.4) is 0 Å². The Balaban J connectivity index is 2.18. The lowest BCUT2D eigenvalue weighted by atomic mass is 9.99. The molecule has 0 spiro atoms. The van der Waals surface area contributed by atoms with Crippen molar-refractivity contribution in [1.82, 2.24) is 5.32 Å². The molecule has 0 saturated carbocycles. The van der Waals surface area contributed by atoms with Crippen molar-refractivity contribution < 1.29 is 4.79 Å². The number of hydrogen-bond donors (Lipinski definition) is 1. The minimum atomic E-state index is 0.0656. The fourth-order valence-corrected chi connectivity index (χ4v) is 2.82. The highest BCUT2D eigenvalue weighted by atomic mass is 16.1. The second-order valence-electron chi connectivity index (χ2n) is 6.92. The summed E-state index contributed by atoms with van der Waals surface area (Å²) < 4.78 is 0. The standard InChI is InChI=1S/C21H35NO/c1-4-5-6-7-8-9-10-20-13-15-21(16-14-20)12-11-18(2)17-22-19(3)23/h13-16,18H,4-12,17H2,1-3H3,(H,22,23). The second-order valence-corrected chi connectivity index (χ2v) is 6.92. The summed E-state index contributed by atoms with van der Waals surface area (Å²) in [6.07, 6.45) is 11.6. The van der Waals surface area contributed by atoms with Crippen molar-refractivity contribution >= 4 is 5.91 Å². The number of nitrogens with one attached hydrogen (secondary N) is 1. The Morgan fingerprint density at radius 2 is 1.52 bits per heavy atom. The lowest BCUT2D eigenvalue weighted by Gasteiger charge is -2.12. The minimum absolute atomic E-state index is 0.0656. The van der Waals surface area contributed by atoms with Crippen molar-refractivity contribution in [2.75, 3.05) is 6.54 Å². The summed E-state index contributed by atoms with van der Waals surface area (Å²) in [6, 6.07) is 9.13. The number of unbranched alkanes of at least 4 members (excludes halogenated alkanes) is 5. The summed E-state index contributed by atoms with van der Waals surface area (Å²) in [4.78, 5) is 10.9. The number of benzene rings is 1. The van der Waals surface area contributed by atoms with Crippen LogP contribution in [0.2, 0.25) is 0 Å². The van der Waals surface area contributed by atoms with Gasteiger partial charge in [-0.3, -0.25) is 4.79 Å². The number of hydrogen-bond acceptors (Lipinski definition) is 1. The predicted octanol–water partition coefficient (Wildman–Crippen LogP) is 5.29. The molecule has 130 valence electrons. The van der Waals surface area contributed by atoms with Gasteiger partial charge in [0.05, 0.1) is 0 Å². The first-order chi connectivity index (χ1) is 11.1. The van der Waals surface area contributed by atoms with E-state index in [1.165, 1.54) is 56.1 Å². The van der Waals surface area contributed by atoms with E-state index in [0.29, 0.717) is 5.92 Å². The van der Waals surface area contributed by atoms with Gasteiger partial charge in [0, 0.05) is 13.5 Å². The van der Waals surface area contributed by atoms with Crippen LogP contribution < -0.4 is 5.32 Å². The molecule has 0 heterocycles. The third kappa shape index (κ3) is 10.1. The van der Waals surface area contributed by atoms with Crippen LogP contribution in [0.4, 0.5) is 0 Å². The second kappa shape index (κ2) is 12.2. The molecular weight excluding hydrogens is 282 g/mol. The SMILES string of the molecule is CCCCCCCCc1ccc(CCC(C)CNC(C)=O)cc1. The van der Waals surface area contributed by atoms with Crippen LogP contribution in [-0.2, 0) is 17.6 Å². The van der Waals surface area contributed by atoms with E-state index in [-0.39, 0.29) is 5.91 Å². The molecule has 2 heteroatoms. The van der Waals surface area contributed by atoms with Crippen molar-refractivity contribution in [1.29, 1.82) is 0 Å². The van der Waals surface area contributed by atoms with E-state index < -0.39 is 0 Å². The molecule has 0 bridgehead atoms. The minimum Gasteiger partial charge on any atom is -0.356 e. The summed E-state index contributed by atoms with van der Waals surface area (Å²) >= 11 is 0. The molecule has 0 aliphatic rings. The number of amides is 1. The smallest absolute Gasteiger partial charge is 0.216 e. The third-order valence-corrected chi connectivity index (χ3v) is 4.47. The lowest BCUT2D eigenvalue weighted by Crippen LogP contribution is -2.25. The Morgan fingerprint density at radius 3 is 2.13 bits per heavy atom. The Morgan fingerprint density at radius 1 is 0.957 bits per heavy atom. The fraction of sp³-hybridized carbons (Fsp3) is 0.667. The summed E-state index contributed by atoms with van der Waals surface area (Å²) in [7, 11) is 0. The lowest BCUT2D eigenvalue weighted by molar-refractivity contribution is -0.119. The molecule has 0 aliphatic carbocycles. The predicted molar refractivity (Wildman–Crippen MR) is 99.7 cm³/mol. The molecule has 1 aromatic carbocycles. The van der Waals surface area contributed by atoms with Gasteiger partial charge in [0.25, 0.3) is 0 Å². The zero-order valence-electron chi connectivity index (χ0n) is 15.4. The molecule has 1 aromatic rings. The molecule has 2 nitrogen and oxygen atoms in total. The van der Waals surface area contributed by atoms with Crippen molar-refractivity contribution in [2.24, 2.45) is 5.92 Å². The molecule has 0 aliphatic heterocycles. The molecule has 0 fully saturated rings. The van der Waals surface area contributed by atoms with E-state index in [0.717, 1.165) is 19.4 Å². The van der Waals surface area contributed by atoms with E-state index in [1.807, 2.05) is 0 Å². The van der Waals surface area contributed by atoms with Gasteiger partial charge in [0.2, 0.25) is 5.91 Å². The Hall–Kier alpha value is -1.31. The molecule has 23 heavy (non-hydrogen) atoms. The summed E-state index contributed by atoms with van der Waals surface area (Å²) in [6.45, 7) is 6.83. The highest BCUT2D eigenvalue weighted by molar-refractivity contribution is 5.72. The van der Waals surface area contributed by atoms with Gasteiger partial charge >= 0.3 is 0 Å². The van der Waals surface area contributed by atoms with Gasteiger partial charge < -0.3 is 5.32 Å². The van der Waals surface area contributed by atoms with Crippen molar-refractivity contribution in [3.8, 4) is 0 Å². The zero-order chi connectivity index (χ0) is 16.9. The van der Waals surface area contributed by atoms with Crippen LogP contribution in [0, 0.1) is 5.92 Å². The Labute approximate surface area is 143 Å². The summed E-state index contributed by atoms with van der Waals surface area (Å²) in [5.41, 5.74) is 2.88. The average molecular weight is 318 g/mol. The third-order valence-electron chi connectivity index (χ3n) is 4.47. The van der Waals surface area contributed by atoms with Gasteiger partial charge in [-0.2, -0.15) is 0 Å². The molecule has 1 unspecified atom stereocenters. The first kappa shape index (κ1) is 19.7. The maximum atomic E-state index is 10.9. The quantitative estimate of drug-likeness (QED) is 0.521. The maximum absolute atomic E-state index is 10.9. The first-order valence-electron chi connectivity index (χ1n) is 9.44. The van der Waals surface area contributed by atoms with Crippen LogP contribution in [0.15, 0.2) is 24.3 Å². The monoisotopic (exact) mass is 317 g/mol. The number of carbonyl (C=O) groups is 1.